The van der Waals surface area contributed by atoms with Gasteiger partial charge in [0.1, 0.15) is 0 Å². The van der Waals surface area contributed by atoms with Crippen molar-refractivity contribution in [1.29, 1.82) is 0 Å². The Hall–Kier alpha value is -0.860. The molecule has 0 aromatic rings. The Bertz CT molecular complexity index is 299. The number of likely N-dealkylation sites (N-methyl/N-ethyl adjacent to an activating group) is 1. The average Bonchev–Trinajstić information content (AvgIpc) is 2.33. The standard InChI is InChI=1S/C11H19F3N2O3/c1-2-16-3-4-19-8(7-16)5-15-6-9(10(17)18)11(12,13)14/h8-9,15H,2-7H2,1H3,(H,17,18). The van der Waals surface area contributed by atoms with Gasteiger partial charge in [0.2, 0.25) is 0 Å². The average molecular weight is 284 g/mol. The number of nitrogens with one attached hydrogen (secondary N) is 1. The maximum absolute atomic E-state index is 12.4. The van der Waals surface area contributed by atoms with Crippen LogP contribution in [-0.2, 0) is 9.53 Å². The van der Waals surface area contributed by atoms with Crippen LogP contribution in [0.4, 0.5) is 13.2 Å². The Morgan fingerprint density at radius 1 is 1.58 bits per heavy atom. The lowest BCUT2D eigenvalue weighted by Crippen LogP contribution is -2.48. The van der Waals surface area contributed by atoms with E-state index in [1.54, 1.807) is 0 Å². The van der Waals surface area contributed by atoms with Gasteiger partial charge >= 0.3 is 12.1 Å². The first kappa shape index (κ1) is 16.2. The third-order valence-corrected chi connectivity index (χ3v) is 3.08. The number of alkyl halides is 3. The molecular formula is C11H19F3N2O3. The van der Waals surface area contributed by atoms with Crippen molar-refractivity contribution in [2.45, 2.75) is 19.2 Å². The van der Waals surface area contributed by atoms with Crippen molar-refractivity contribution >= 4 is 5.97 Å². The normalized spacial score (nSPS) is 23.3. The van der Waals surface area contributed by atoms with Crippen molar-refractivity contribution in [2.75, 3.05) is 39.3 Å². The summed E-state index contributed by atoms with van der Waals surface area (Å²) in [7, 11) is 0. The van der Waals surface area contributed by atoms with Crippen LogP contribution in [0.15, 0.2) is 0 Å². The first-order chi connectivity index (χ1) is 8.84. The van der Waals surface area contributed by atoms with Gasteiger partial charge in [0, 0.05) is 26.2 Å². The minimum atomic E-state index is -4.73. The van der Waals surface area contributed by atoms with E-state index in [0.29, 0.717) is 13.2 Å². The molecule has 1 rings (SSSR count). The van der Waals surface area contributed by atoms with Gasteiger partial charge in [-0.25, -0.2) is 0 Å². The van der Waals surface area contributed by atoms with Gasteiger partial charge < -0.3 is 15.2 Å². The van der Waals surface area contributed by atoms with Crippen LogP contribution in [0.5, 0.6) is 0 Å². The lowest BCUT2D eigenvalue weighted by molar-refractivity contribution is -0.192. The highest BCUT2D eigenvalue weighted by Gasteiger charge is 2.44. The van der Waals surface area contributed by atoms with E-state index in [1.807, 2.05) is 6.92 Å². The summed E-state index contributed by atoms with van der Waals surface area (Å²) >= 11 is 0. The second kappa shape index (κ2) is 7.06. The number of hydrogen-bond donors (Lipinski definition) is 2. The number of rotatable bonds is 6. The number of hydrogen-bond acceptors (Lipinski definition) is 4. The number of aliphatic carboxylic acids is 1. The summed E-state index contributed by atoms with van der Waals surface area (Å²) in [6.07, 6.45) is -4.93. The summed E-state index contributed by atoms with van der Waals surface area (Å²) in [5.74, 6) is -4.24. The van der Waals surface area contributed by atoms with Crippen LogP contribution in [-0.4, -0.2) is 67.6 Å². The summed E-state index contributed by atoms with van der Waals surface area (Å²) in [5.41, 5.74) is 0. The zero-order valence-corrected chi connectivity index (χ0v) is 10.7. The monoisotopic (exact) mass is 284 g/mol. The molecule has 0 saturated carbocycles. The second-order valence-corrected chi connectivity index (χ2v) is 4.48. The van der Waals surface area contributed by atoms with Gasteiger partial charge in [-0.2, -0.15) is 13.2 Å². The maximum atomic E-state index is 12.4. The number of carboxylic acids is 1. The van der Waals surface area contributed by atoms with Gasteiger partial charge in [0.25, 0.3) is 0 Å². The Morgan fingerprint density at radius 2 is 2.26 bits per heavy atom. The number of nitrogens with zero attached hydrogens (tertiary/aromatic N) is 1. The third-order valence-electron chi connectivity index (χ3n) is 3.08. The number of carbonyl (C=O) groups is 1. The van der Waals surface area contributed by atoms with Crippen molar-refractivity contribution in [1.82, 2.24) is 10.2 Å². The van der Waals surface area contributed by atoms with Crippen molar-refractivity contribution in [3.63, 3.8) is 0 Å². The third kappa shape index (κ3) is 5.33. The number of morpholine rings is 1. The van der Waals surface area contributed by atoms with Gasteiger partial charge in [0.05, 0.1) is 12.7 Å². The predicted octanol–water partition coefficient (Wildman–Crippen LogP) is 0.560. The first-order valence-electron chi connectivity index (χ1n) is 6.18. The van der Waals surface area contributed by atoms with Crippen LogP contribution in [0.1, 0.15) is 6.92 Å². The number of carboxylic acid groups (broad SMARTS) is 1. The molecule has 1 aliphatic heterocycles. The van der Waals surface area contributed by atoms with E-state index in [-0.39, 0.29) is 12.6 Å². The van der Waals surface area contributed by atoms with E-state index in [0.717, 1.165) is 13.1 Å². The molecular weight excluding hydrogens is 265 g/mol. The van der Waals surface area contributed by atoms with Crippen molar-refractivity contribution < 1.29 is 27.8 Å². The highest BCUT2D eigenvalue weighted by Crippen LogP contribution is 2.25. The fourth-order valence-corrected chi connectivity index (χ4v) is 1.92. The van der Waals surface area contributed by atoms with Crippen LogP contribution < -0.4 is 5.32 Å². The van der Waals surface area contributed by atoms with Crippen LogP contribution in [0, 0.1) is 5.92 Å². The molecule has 1 aliphatic rings. The van der Waals surface area contributed by atoms with Crippen LogP contribution in [0.2, 0.25) is 0 Å². The Labute approximate surface area is 109 Å². The summed E-state index contributed by atoms with van der Waals surface area (Å²) in [6.45, 7) is 4.45. The highest BCUT2D eigenvalue weighted by atomic mass is 19.4. The fourth-order valence-electron chi connectivity index (χ4n) is 1.92. The van der Waals surface area contributed by atoms with Gasteiger partial charge in [-0.3, -0.25) is 9.69 Å². The number of ether oxygens (including phenoxy) is 1. The molecule has 0 aromatic heterocycles. The van der Waals surface area contributed by atoms with Gasteiger partial charge in [-0.05, 0) is 6.54 Å². The molecule has 19 heavy (non-hydrogen) atoms. The van der Waals surface area contributed by atoms with Crippen molar-refractivity contribution in [3.05, 3.63) is 0 Å². The minimum absolute atomic E-state index is 0.198. The summed E-state index contributed by atoms with van der Waals surface area (Å²) < 4.78 is 42.6. The topological polar surface area (TPSA) is 61.8 Å². The molecule has 2 N–H and O–H groups in total. The predicted molar refractivity (Wildman–Crippen MR) is 61.9 cm³/mol. The highest BCUT2D eigenvalue weighted by molar-refractivity contribution is 5.71. The van der Waals surface area contributed by atoms with E-state index in [4.69, 9.17) is 9.84 Å². The zero-order valence-electron chi connectivity index (χ0n) is 10.7. The molecule has 2 unspecified atom stereocenters. The SMILES string of the molecule is CCN1CCOC(CNCC(C(=O)O)C(F)(F)F)C1. The van der Waals surface area contributed by atoms with Gasteiger partial charge in [0.15, 0.2) is 5.92 Å². The lowest BCUT2D eigenvalue weighted by Gasteiger charge is -2.32. The quantitative estimate of drug-likeness (QED) is 0.746. The second-order valence-electron chi connectivity index (χ2n) is 4.48. The van der Waals surface area contributed by atoms with E-state index < -0.39 is 24.6 Å². The van der Waals surface area contributed by atoms with Crippen LogP contribution in [0.25, 0.3) is 0 Å². The van der Waals surface area contributed by atoms with Crippen LogP contribution in [0.3, 0.4) is 0 Å². The summed E-state index contributed by atoms with van der Waals surface area (Å²) in [4.78, 5) is 12.7. The van der Waals surface area contributed by atoms with Crippen LogP contribution >= 0.6 is 0 Å². The first-order valence-corrected chi connectivity index (χ1v) is 6.18. The molecule has 2 atom stereocenters. The van der Waals surface area contributed by atoms with Crippen molar-refractivity contribution in [2.24, 2.45) is 5.92 Å². The molecule has 0 aromatic carbocycles. The molecule has 0 aliphatic carbocycles. The molecule has 8 heteroatoms. The molecule has 1 heterocycles. The molecule has 1 saturated heterocycles. The van der Waals surface area contributed by atoms with Crippen molar-refractivity contribution in [3.8, 4) is 0 Å². The van der Waals surface area contributed by atoms with E-state index in [9.17, 15) is 18.0 Å². The maximum Gasteiger partial charge on any atom is 0.403 e. The zero-order chi connectivity index (χ0) is 14.5. The molecule has 5 nitrogen and oxygen atoms in total. The fraction of sp³-hybridized carbons (Fsp3) is 0.909. The largest absolute Gasteiger partial charge is 0.481 e. The molecule has 112 valence electrons. The Morgan fingerprint density at radius 3 is 2.79 bits per heavy atom. The van der Waals surface area contributed by atoms with E-state index in [2.05, 4.69) is 10.2 Å². The Kier molecular flexibility index (Phi) is 6.02. The molecule has 0 radical (unpaired) electrons. The molecule has 0 amide bonds. The summed E-state index contributed by atoms with van der Waals surface area (Å²) in [6, 6.07) is 0. The van der Waals surface area contributed by atoms with E-state index in [1.165, 1.54) is 0 Å². The minimum Gasteiger partial charge on any atom is -0.481 e. The Balaban J connectivity index is 2.34. The van der Waals surface area contributed by atoms with Gasteiger partial charge in [-0.1, -0.05) is 6.92 Å². The molecule has 1 fully saturated rings. The molecule has 0 spiro atoms. The summed E-state index contributed by atoms with van der Waals surface area (Å²) in [5, 5.41) is 11.1. The van der Waals surface area contributed by atoms with Gasteiger partial charge in [-0.15, -0.1) is 0 Å². The number of halogens is 3. The molecule has 0 bridgehead atoms. The smallest absolute Gasteiger partial charge is 0.403 e. The van der Waals surface area contributed by atoms with E-state index >= 15 is 0 Å². The lowest BCUT2D eigenvalue weighted by atomic mass is 10.1.